The van der Waals surface area contributed by atoms with Crippen molar-refractivity contribution in [2.24, 2.45) is 0 Å². The molecule has 1 aromatic carbocycles. The molecular weight excluding hydrogens is 410 g/mol. The summed E-state index contributed by atoms with van der Waals surface area (Å²) in [4.78, 5) is 2.89. The van der Waals surface area contributed by atoms with E-state index in [4.69, 9.17) is 4.43 Å². The summed E-state index contributed by atoms with van der Waals surface area (Å²) >= 11 is 0. The van der Waals surface area contributed by atoms with Crippen molar-refractivity contribution in [2.45, 2.75) is 106 Å². The Morgan fingerprint density at radius 3 is 1.97 bits per heavy atom. The monoisotopic (exact) mass is 451 g/mol. The molecule has 2 heterocycles. The maximum Gasteiger partial charge on any atom is 0.200 e. The van der Waals surface area contributed by atoms with Gasteiger partial charge in [0.05, 0.1) is 22.3 Å². The average Bonchev–Trinajstić information content (AvgIpc) is 2.71. The molecule has 2 aliphatic rings. The van der Waals surface area contributed by atoms with Gasteiger partial charge in [-0.05, 0) is 67.5 Å². The first-order valence-electron chi connectivity index (χ1n) is 11.8. The number of piperidine rings is 2. The topological polar surface area (TPSA) is 46.6 Å². The molecule has 0 spiro atoms. The molecule has 2 saturated heterocycles. The van der Waals surface area contributed by atoms with Crippen LogP contribution in [0.1, 0.15) is 67.2 Å². The SMILES string of the molecule is CC(C)[Si](O[C@@H]1CCCN2CCC[C@@H](S(=O)(=O)c3ccccc3)[C@@H]12)(C(C)C)C(C)C. The molecule has 3 atom stereocenters. The number of nitrogens with zero attached hydrogens (tertiary/aromatic N) is 1. The van der Waals surface area contributed by atoms with Gasteiger partial charge in [0.15, 0.2) is 9.84 Å². The smallest absolute Gasteiger partial charge is 0.200 e. The highest BCUT2D eigenvalue weighted by molar-refractivity contribution is 7.92. The van der Waals surface area contributed by atoms with Crippen molar-refractivity contribution in [3.8, 4) is 0 Å². The summed E-state index contributed by atoms with van der Waals surface area (Å²) < 4.78 is 34.6. The van der Waals surface area contributed by atoms with Gasteiger partial charge in [0.25, 0.3) is 0 Å². The van der Waals surface area contributed by atoms with E-state index >= 15 is 0 Å². The lowest BCUT2D eigenvalue weighted by atomic mass is 9.90. The average molecular weight is 452 g/mol. The summed E-state index contributed by atoms with van der Waals surface area (Å²) in [6.45, 7) is 15.9. The van der Waals surface area contributed by atoms with E-state index in [2.05, 4.69) is 46.4 Å². The Kier molecular flexibility index (Phi) is 7.53. The van der Waals surface area contributed by atoms with Crippen molar-refractivity contribution >= 4 is 18.2 Å². The molecule has 0 aromatic heterocycles. The zero-order chi connectivity index (χ0) is 22.1. The van der Waals surface area contributed by atoms with Crippen LogP contribution in [0.2, 0.25) is 16.6 Å². The van der Waals surface area contributed by atoms with E-state index in [1.807, 2.05) is 18.2 Å². The van der Waals surface area contributed by atoms with E-state index in [1.54, 1.807) is 12.1 Å². The fourth-order valence-electron chi connectivity index (χ4n) is 6.38. The largest absolute Gasteiger partial charge is 0.412 e. The minimum Gasteiger partial charge on any atom is -0.412 e. The van der Waals surface area contributed by atoms with Crippen molar-refractivity contribution in [3.05, 3.63) is 30.3 Å². The standard InChI is InChI=1S/C24H41NO3SSi/c1-18(2)30(19(3)4,20(5)6)28-22-14-10-16-25-17-11-15-23(24(22)25)29(26,27)21-12-8-7-9-13-21/h7-9,12-13,18-20,22-24H,10-11,14-17H2,1-6H3/t22-,23-,24-/m1/s1. The highest BCUT2D eigenvalue weighted by atomic mass is 32.2. The molecule has 0 saturated carbocycles. The van der Waals surface area contributed by atoms with Gasteiger partial charge in [-0.2, -0.15) is 0 Å². The van der Waals surface area contributed by atoms with Crippen LogP contribution in [-0.2, 0) is 14.3 Å². The van der Waals surface area contributed by atoms with Gasteiger partial charge in [0, 0.05) is 0 Å². The lowest BCUT2D eigenvalue weighted by molar-refractivity contribution is -0.00133. The second-order valence-corrected chi connectivity index (χ2v) is 17.8. The van der Waals surface area contributed by atoms with E-state index in [0.29, 0.717) is 21.5 Å². The van der Waals surface area contributed by atoms with Crippen LogP contribution < -0.4 is 0 Å². The summed E-state index contributed by atoms with van der Waals surface area (Å²) in [5, 5.41) is -0.378. The molecule has 6 heteroatoms. The number of hydrogen-bond acceptors (Lipinski definition) is 4. The van der Waals surface area contributed by atoms with Crippen LogP contribution in [-0.4, -0.2) is 52.1 Å². The van der Waals surface area contributed by atoms with E-state index in [1.165, 1.54) is 0 Å². The predicted octanol–water partition coefficient (Wildman–Crippen LogP) is 5.65. The Bertz CT molecular complexity index is 770. The van der Waals surface area contributed by atoms with Gasteiger partial charge in [-0.1, -0.05) is 59.7 Å². The molecule has 0 unspecified atom stereocenters. The summed E-state index contributed by atoms with van der Waals surface area (Å²) in [7, 11) is -5.47. The molecule has 0 bridgehead atoms. The third-order valence-electron chi connectivity index (χ3n) is 7.58. The van der Waals surface area contributed by atoms with E-state index in [9.17, 15) is 8.42 Å². The van der Waals surface area contributed by atoms with Gasteiger partial charge in [0.2, 0.25) is 8.32 Å². The molecule has 2 aliphatic heterocycles. The number of sulfone groups is 1. The Balaban J connectivity index is 1.99. The number of hydrogen-bond donors (Lipinski definition) is 0. The Hall–Kier alpha value is -0.693. The molecule has 1 aromatic rings. The molecule has 4 nitrogen and oxygen atoms in total. The summed E-state index contributed by atoms with van der Waals surface area (Å²) in [5.41, 5.74) is 1.50. The molecule has 0 aliphatic carbocycles. The number of benzene rings is 1. The molecule has 0 amide bonds. The Morgan fingerprint density at radius 1 is 0.900 bits per heavy atom. The lowest BCUT2D eigenvalue weighted by Crippen LogP contribution is -2.63. The molecule has 2 fully saturated rings. The van der Waals surface area contributed by atoms with E-state index in [-0.39, 0.29) is 17.4 Å². The maximum absolute atomic E-state index is 13.7. The van der Waals surface area contributed by atoms with Crippen molar-refractivity contribution in [2.75, 3.05) is 13.1 Å². The quantitative estimate of drug-likeness (QED) is 0.503. The van der Waals surface area contributed by atoms with Gasteiger partial charge in [-0.3, -0.25) is 4.90 Å². The van der Waals surface area contributed by atoms with Gasteiger partial charge in [-0.15, -0.1) is 0 Å². The van der Waals surface area contributed by atoms with Crippen molar-refractivity contribution in [1.82, 2.24) is 4.90 Å². The van der Waals surface area contributed by atoms with Crippen LogP contribution in [0, 0.1) is 0 Å². The first kappa shape index (κ1) is 24.0. The minimum absolute atomic E-state index is 0.0152. The summed E-state index contributed by atoms with van der Waals surface area (Å²) in [6.07, 6.45) is 3.77. The summed E-state index contributed by atoms with van der Waals surface area (Å²) in [5.74, 6) is 0. The molecule has 0 N–H and O–H groups in total. The maximum atomic E-state index is 13.7. The van der Waals surface area contributed by atoms with Crippen LogP contribution in [0.15, 0.2) is 35.2 Å². The van der Waals surface area contributed by atoms with Gasteiger partial charge in [0.1, 0.15) is 0 Å². The number of rotatable bonds is 7. The Labute approximate surface area is 185 Å². The van der Waals surface area contributed by atoms with E-state index in [0.717, 1.165) is 38.8 Å². The molecular formula is C24H41NO3SSi. The van der Waals surface area contributed by atoms with Crippen LogP contribution in [0.25, 0.3) is 0 Å². The lowest BCUT2D eigenvalue weighted by Gasteiger charge is -2.52. The second-order valence-electron chi connectivity index (χ2n) is 10.2. The van der Waals surface area contributed by atoms with Gasteiger partial charge < -0.3 is 4.43 Å². The van der Waals surface area contributed by atoms with Crippen LogP contribution >= 0.6 is 0 Å². The summed E-state index contributed by atoms with van der Waals surface area (Å²) in [6, 6.07) is 9.02. The van der Waals surface area contributed by atoms with Crippen molar-refractivity contribution in [1.29, 1.82) is 0 Å². The van der Waals surface area contributed by atoms with Gasteiger partial charge in [-0.25, -0.2) is 8.42 Å². The van der Waals surface area contributed by atoms with Crippen molar-refractivity contribution in [3.63, 3.8) is 0 Å². The normalized spacial score (nSPS) is 26.4. The first-order valence-corrected chi connectivity index (χ1v) is 15.5. The highest BCUT2D eigenvalue weighted by Crippen LogP contribution is 2.46. The zero-order valence-corrected chi connectivity index (χ0v) is 21.5. The first-order chi connectivity index (χ1) is 14.1. The van der Waals surface area contributed by atoms with E-state index < -0.39 is 18.2 Å². The molecule has 30 heavy (non-hydrogen) atoms. The molecule has 0 radical (unpaired) electrons. The van der Waals surface area contributed by atoms with Crippen molar-refractivity contribution < 1.29 is 12.8 Å². The number of fused-ring (bicyclic) bond motifs is 1. The van der Waals surface area contributed by atoms with Gasteiger partial charge >= 0.3 is 0 Å². The third-order valence-corrected chi connectivity index (χ3v) is 16.0. The fourth-order valence-corrected chi connectivity index (χ4v) is 14.1. The predicted molar refractivity (Wildman–Crippen MR) is 127 cm³/mol. The Morgan fingerprint density at radius 2 is 1.43 bits per heavy atom. The fraction of sp³-hybridized carbons (Fsp3) is 0.750. The molecule has 170 valence electrons. The third kappa shape index (κ3) is 4.30. The van der Waals surface area contributed by atoms with Crippen LogP contribution in [0.5, 0.6) is 0 Å². The zero-order valence-electron chi connectivity index (χ0n) is 19.7. The highest BCUT2D eigenvalue weighted by Gasteiger charge is 2.52. The minimum atomic E-state index is -3.39. The van der Waals surface area contributed by atoms with Crippen LogP contribution in [0.4, 0.5) is 0 Å². The molecule has 3 rings (SSSR count). The van der Waals surface area contributed by atoms with Crippen LogP contribution in [0.3, 0.4) is 0 Å². The second kappa shape index (κ2) is 9.43.